The maximum absolute atomic E-state index is 12.6. The smallest absolute Gasteiger partial charge is 0.274 e. The summed E-state index contributed by atoms with van der Waals surface area (Å²) < 4.78 is 6.77. The molecular formula is C17H19N3O3. The van der Waals surface area contributed by atoms with Gasteiger partial charge in [0.05, 0.1) is 19.3 Å². The SMILES string of the molecule is CC1CN(C(=O)c2ccc(=O)n(Cc3ccccc3)n2)CCO1. The number of hydrogen-bond donors (Lipinski definition) is 0. The Hall–Kier alpha value is -2.47. The fourth-order valence-electron chi connectivity index (χ4n) is 2.60. The van der Waals surface area contributed by atoms with Gasteiger partial charge in [0.15, 0.2) is 0 Å². The number of aromatic nitrogens is 2. The van der Waals surface area contributed by atoms with Crippen molar-refractivity contribution in [3.63, 3.8) is 0 Å². The lowest BCUT2D eigenvalue weighted by molar-refractivity contribution is -0.0127. The number of carbonyl (C=O) groups is 1. The predicted molar refractivity (Wildman–Crippen MR) is 85.4 cm³/mol. The van der Waals surface area contributed by atoms with Crippen molar-refractivity contribution < 1.29 is 9.53 Å². The zero-order chi connectivity index (χ0) is 16.2. The van der Waals surface area contributed by atoms with E-state index in [9.17, 15) is 9.59 Å². The number of morpholine rings is 1. The Bertz CT molecular complexity index is 742. The number of hydrogen-bond acceptors (Lipinski definition) is 4. The molecule has 6 heteroatoms. The summed E-state index contributed by atoms with van der Waals surface area (Å²) in [5.41, 5.74) is 1.03. The fourth-order valence-corrected chi connectivity index (χ4v) is 2.60. The molecule has 0 bridgehead atoms. The largest absolute Gasteiger partial charge is 0.375 e. The van der Waals surface area contributed by atoms with Gasteiger partial charge < -0.3 is 9.64 Å². The molecule has 2 heterocycles. The molecule has 1 aromatic heterocycles. The summed E-state index contributed by atoms with van der Waals surface area (Å²) in [4.78, 5) is 26.3. The van der Waals surface area contributed by atoms with Crippen molar-refractivity contribution in [2.45, 2.75) is 19.6 Å². The molecule has 1 amide bonds. The van der Waals surface area contributed by atoms with Gasteiger partial charge in [0.25, 0.3) is 11.5 Å². The maximum Gasteiger partial charge on any atom is 0.274 e. The predicted octanol–water partition coefficient (Wildman–Crippen LogP) is 1.15. The van der Waals surface area contributed by atoms with Crippen LogP contribution in [-0.2, 0) is 11.3 Å². The second-order valence-electron chi connectivity index (χ2n) is 5.63. The Kier molecular flexibility index (Phi) is 4.52. The van der Waals surface area contributed by atoms with Gasteiger partial charge in [-0.3, -0.25) is 9.59 Å². The minimum atomic E-state index is -0.222. The number of ether oxygens (including phenoxy) is 1. The first kappa shape index (κ1) is 15.4. The molecule has 0 saturated carbocycles. The minimum absolute atomic E-state index is 0.0166. The zero-order valence-corrected chi connectivity index (χ0v) is 13.0. The van der Waals surface area contributed by atoms with E-state index in [1.807, 2.05) is 37.3 Å². The first-order valence-corrected chi connectivity index (χ1v) is 7.66. The Balaban J connectivity index is 1.82. The van der Waals surface area contributed by atoms with E-state index in [1.54, 1.807) is 4.90 Å². The molecule has 0 radical (unpaired) electrons. The van der Waals surface area contributed by atoms with Gasteiger partial charge >= 0.3 is 0 Å². The first-order chi connectivity index (χ1) is 11.1. The molecule has 0 spiro atoms. The average Bonchev–Trinajstić information content (AvgIpc) is 2.57. The second kappa shape index (κ2) is 6.75. The number of amides is 1. The Morgan fingerprint density at radius 3 is 2.78 bits per heavy atom. The van der Waals surface area contributed by atoms with E-state index in [0.717, 1.165) is 5.56 Å². The highest BCUT2D eigenvalue weighted by atomic mass is 16.5. The highest BCUT2D eigenvalue weighted by Gasteiger charge is 2.23. The highest BCUT2D eigenvalue weighted by molar-refractivity contribution is 5.92. The quantitative estimate of drug-likeness (QED) is 0.853. The molecule has 3 rings (SSSR count). The van der Waals surface area contributed by atoms with Crippen LogP contribution in [0.15, 0.2) is 47.3 Å². The van der Waals surface area contributed by atoms with Gasteiger partial charge in [-0.05, 0) is 18.6 Å². The van der Waals surface area contributed by atoms with Gasteiger partial charge in [-0.15, -0.1) is 0 Å². The van der Waals surface area contributed by atoms with E-state index in [0.29, 0.717) is 26.2 Å². The molecule has 1 unspecified atom stereocenters. The Morgan fingerprint density at radius 2 is 2.04 bits per heavy atom. The number of nitrogens with zero attached hydrogens (tertiary/aromatic N) is 3. The van der Waals surface area contributed by atoms with Crippen molar-refractivity contribution in [3.05, 3.63) is 64.1 Å². The topological polar surface area (TPSA) is 64.4 Å². The summed E-state index contributed by atoms with van der Waals surface area (Å²) in [7, 11) is 0. The highest BCUT2D eigenvalue weighted by Crippen LogP contribution is 2.08. The van der Waals surface area contributed by atoms with Crippen LogP contribution in [0.25, 0.3) is 0 Å². The van der Waals surface area contributed by atoms with Crippen LogP contribution in [0.5, 0.6) is 0 Å². The summed E-state index contributed by atoms with van der Waals surface area (Å²) >= 11 is 0. The lowest BCUT2D eigenvalue weighted by atomic mass is 10.2. The number of rotatable bonds is 3. The van der Waals surface area contributed by atoms with Gasteiger partial charge in [-0.2, -0.15) is 5.10 Å². The first-order valence-electron chi connectivity index (χ1n) is 7.66. The van der Waals surface area contributed by atoms with Gasteiger partial charge in [0.2, 0.25) is 0 Å². The van der Waals surface area contributed by atoms with Crippen molar-refractivity contribution in [1.29, 1.82) is 0 Å². The number of benzene rings is 1. The van der Waals surface area contributed by atoms with Gasteiger partial charge in [-0.25, -0.2) is 4.68 Å². The van der Waals surface area contributed by atoms with Gasteiger partial charge in [0.1, 0.15) is 5.69 Å². The molecule has 0 aliphatic carbocycles. The van der Waals surface area contributed by atoms with E-state index in [-0.39, 0.29) is 23.3 Å². The van der Waals surface area contributed by atoms with E-state index in [4.69, 9.17) is 4.74 Å². The van der Waals surface area contributed by atoms with Gasteiger partial charge in [0, 0.05) is 19.2 Å². The molecule has 1 saturated heterocycles. The molecule has 1 atom stereocenters. The van der Waals surface area contributed by atoms with E-state index < -0.39 is 0 Å². The molecule has 0 N–H and O–H groups in total. The summed E-state index contributed by atoms with van der Waals surface area (Å²) in [5.74, 6) is -0.165. The Labute approximate surface area is 134 Å². The van der Waals surface area contributed by atoms with Crippen LogP contribution < -0.4 is 5.56 Å². The third kappa shape index (κ3) is 3.65. The fraction of sp³-hybridized carbons (Fsp3) is 0.353. The van der Waals surface area contributed by atoms with E-state index in [2.05, 4.69) is 5.10 Å². The van der Waals surface area contributed by atoms with Crippen LogP contribution in [0.1, 0.15) is 23.0 Å². The summed E-state index contributed by atoms with van der Waals surface area (Å²) in [5, 5.41) is 4.24. The van der Waals surface area contributed by atoms with E-state index in [1.165, 1.54) is 16.8 Å². The number of carbonyl (C=O) groups excluding carboxylic acids is 1. The molecule has 1 fully saturated rings. The maximum atomic E-state index is 12.6. The summed E-state index contributed by atoms with van der Waals surface area (Å²) in [6, 6.07) is 12.5. The van der Waals surface area contributed by atoms with Crippen LogP contribution in [-0.4, -0.2) is 46.4 Å². The molecule has 1 aliphatic rings. The molecule has 6 nitrogen and oxygen atoms in total. The second-order valence-corrected chi connectivity index (χ2v) is 5.63. The molecule has 23 heavy (non-hydrogen) atoms. The molecule has 120 valence electrons. The zero-order valence-electron chi connectivity index (χ0n) is 13.0. The summed E-state index contributed by atoms with van der Waals surface area (Å²) in [6.07, 6.45) is 0.0166. The van der Waals surface area contributed by atoms with Crippen LogP contribution >= 0.6 is 0 Å². The van der Waals surface area contributed by atoms with Crippen LogP contribution in [0, 0.1) is 0 Å². The standard InChI is InChI=1S/C17H19N3O3/c1-13-11-19(9-10-23-13)17(22)15-7-8-16(21)20(18-15)12-14-5-3-2-4-6-14/h2-8,13H,9-12H2,1H3. The molecule has 1 aromatic carbocycles. The monoisotopic (exact) mass is 313 g/mol. The van der Waals surface area contributed by atoms with Crippen molar-refractivity contribution in [2.24, 2.45) is 0 Å². The minimum Gasteiger partial charge on any atom is -0.375 e. The van der Waals surface area contributed by atoms with Crippen molar-refractivity contribution in [1.82, 2.24) is 14.7 Å². The van der Waals surface area contributed by atoms with Crippen molar-refractivity contribution in [3.8, 4) is 0 Å². The lowest BCUT2D eigenvalue weighted by Gasteiger charge is -2.30. The normalized spacial score (nSPS) is 18.0. The van der Waals surface area contributed by atoms with Gasteiger partial charge in [-0.1, -0.05) is 30.3 Å². The third-order valence-corrected chi connectivity index (χ3v) is 3.79. The molecular weight excluding hydrogens is 294 g/mol. The average molecular weight is 313 g/mol. The van der Waals surface area contributed by atoms with Crippen molar-refractivity contribution >= 4 is 5.91 Å². The summed E-state index contributed by atoms with van der Waals surface area (Å²) in [6.45, 7) is 3.89. The molecule has 2 aromatic rings. The Morgan fingerprint density at radius 1 is 1.26 bits per heavy atom. The van der Waals surface area contributed by atoms with E-state index >= 15 is 0 Å². The van der Waals surface area contributed by atoms with Crippen LogP contribution in [0.4, 0.5) is 0 Å². The third-order valence-electron chi connectivity index (χ3n) is 3.79. The molecule has 1 aliphatic heterocycles. The lowest BCUT2D eigenvalue weighted by Crippen LogP contribution is -2.45. The van der Waals surface area contributed by atoms with Crippen LogP contribution in [0.2, 0.25) is 0 Å². The van der Waals surface area contributed by atoms with Crippen LogP contribution in [0.3, 0.4) is 0 Å². The van der Waals surface area contributed by atoms with Crippen molar-refractivity contribution in [2.75, 3.05) is 19.7 Å².